The van der Waals surface area contributed by atoms with E-state index in [1.807, 2.05) is 25.7 Å². The van der Waals surface area contributed by atoms with Gasteiger partial charge in [0.1, 0.15) is 21.6 Å². The molecule has 0 bridgehead atoms. The molecular weight excluding hydrogens is 262 g/mol. The Balaban J connectivity index is 2.37. The third-order valence-corrected chi connectivity index (χ3v) is 4.23. The second-order valence-corrected chi connectivity index (χ2v) is 6.43. The Morgan fingerprint density at radius 1 is 1.58 bits per heavy atom. The number of nitrogen functional groups attached to an aromatic ring is 1. The van der Waals surface area contributed by atoms with Crippen molar-refractivity contribution in [2.24, 2.45) is 0 Å². The summed E-state index contributed by atoms with van der Waals surface area (Å²) in [6.07, 6.45) is 0.693. The summed E-state index contributed by atoms with van der Waals surface area (Å²) < 4.78 is 5.75. The lowest BCUT2D eigenvalue weighted by Crippen LogP contribution is -2.29. The molecule has 1 aliphatic heterocycles. The van der Waals surface area contributed by atoms with Crippen LogP contribution >= 0.6 is 11.3 Å². The molecule has 1 fully saturated rings. The van der Waals surface area contributed by atoms with Crippen molar-refractivity contribution in [3.05, 3.63) is 4.88 Å². The smallest absolute Gasteiger partial charge is 0.178 e. The van der Waals surface area contributed by atoms with Gasteiger partial charge in [0.05, 0.1) is 11.7 Å². The van der Waals surface area contributed by atoms with Crippen molar-refractivity contribution < 1.29 is 9.84 Å². The van der Waals surface area contributed by atoms with E-state index < -0.39 is 5.60 Å². The van der Waals surface area contributed by atoms with Crippen molar-refractivity contribution >= 4 is 22.0 Å². The van der Waals surface area contributed by atoms with E-state index >= 15 is 0 Å². The molecule has 19 heavy (non-hydrogen) atoms. The van der Waals surface area contributed by atoms with Crippen molar-refractivity contribution in [1.29, 1.82) is 5.26 Å². The lowest BCUT2D eigenvalue weighted by molar-refractivity contribution is 0.0839. The van der Waals surface area contributed by atoms with Gasteiger partial charge in [0.25, 0.3) is 0 Å². The highest BCUT2D eigenvalue weighted by molar-refractivity contribution is 7.17. The third-order valence-electron chi connectivity index (χ3n) is 3.08. The van der Waals surface area contributed by atoms with Gasteiger partial charge in [-0.25, -0.2) is 0 Å². The molecule has 1 unspecified atom stereocenters. The van der Waals surface area contributed by atoms with E-state index in [1.165, 1.54) is 11.3 Å². The van der Waals surface area contributed by atoms with Gasteiger partial charge >= 0.3 is 0 Å². The molecule has 0 spiro atoms. The zero-order valence-corrected chi connectivity index (χ0v) is 12.3. The quantitative estimate of drug-likeness (QED) is 0.885. The molecule has 0 saturated carbocycles. The van der Waals surface area contributed by atoms with Gasteiger partial charge in [-0.3, -0.25) is 0 Å². The summed E-state index contributed by atoms with van der Waals surface area (Å²) in [5, 5.41) is 20.0. The maximum Gasteiger partial charge on any atom is 0.178 e. The molecule has 0 amide bonds. The molecule has 1 aromatic heterocycles. The fourth-order valence-electron chi connectivity index (χ4n) is 2.18. The molecule has 2 heterocycles. The number of β-amino-alcohol motifs (C(OH)–C–C–N with tert-alkyl or cyclic N) is 1. The number of rotatable bonds is 3. The number of aliphatic hydroxyl groups is 1. The molecule has 1 saturated heterocycles. The number of nitriles is 1. The van der Waals surface area contributed by atoms with Gasteiger partial charge in [0, 0.05) is 13.1 Å². The second kappa shape index (κ2) is 4.91. The number of thiophene rings is 1. The summed E-state index contributed by atoms with van der Waals surface area (Å²) in [5.41, 5.74) is 5.68. The van der Waals surface area contributed by atoms with E-state index in [9.17, 15) is 5.11 Å². The molecule has 3 N–H and O–H groups in total. The van der Waals surface area contributed by atoms with Gasteiger partial charge in [-0.2, -0.15) is 5.26 Å². The average molecular weight is 281 g/mol. The summed E-state index contributed by atoms with van der Waals surface area (Å²) in [4.78, 5) is 2.51. The van der Waals surface area contributed by atoms with Crippen LogP contribution in [-0.4, -0.2) is 29.9 Å². The maximum atomic E-state index is 10.1. The van der Waals surface area contributed by atoms with Crippen LogP contribution in [-0.2, 0) is 0 Å². The summed E-state index contributed by atoms with van der Waals surface area (Å²) in [6.45, 7) is 6.94. The Morgan fingerprint density at radius 2 is 2.26 bits per heavy atom. The molecule has 1 aromatic rings. The number of ether oxygens (including phenoxy) is 1. The first-order chi connectivity index (χ1) is 8.84. The van der Waals surface area contributed by atoms with Gasteiger partial charge in [-0.1, -0.05) is 0 Å². The van der Waals surface area contributed by atoms with Crippen LogP contribution in [0, 0.1) is 11.3 Å². The normalized spacial score (nSPS) is 22.8. The van der Waals surface area contributed by atoms with Gasteiger partial charge in [0.15, 0.2) is 5.75 Å². The first-order valence-corrected chi connectivity index (χ1v) is 7.12. The fraction of sp³-hybridized carbons (Fsp3) is 0.615. The number of nitrogens with zero attached hydrogens (tertiary/aromatic N) is 2. The Morgan fingerprint density at radius 3 is 2.74 bits per heavy atom. The predicted molar refractivity (Wildman–Crippen MR) is 76.7 cm³/mol. The number of hydrogen-bond acceptors (Lipinski definition) is 6. The van der Waals surface area contributed by atoms with Crippen molar-refractivity contribution in [3.8, 4) is 11.8 Å². The highest BCUT2D eigenvalue weighted by Gasteiger charge is 2.34. The van der Waals surface area contributed by atoms with Crippen molar-refractivity contribution in [2.45, 2.75) is 38.9 Å². The average Bonchev–Trinajstić information content (AvgIpc) is 2.81. The minimum absolute atomic E-state index is 0.00898. The summed E-state index contributed by atoms with van der Waals surface area (Å²) >= 11 is 1.33. The largest absolute Gasteiger partial charge is 0.486 e. The summed E-state index contributed by atoms with van der Waals surface area (Å²) in [6, 6.07) is 2.10. The van der Waals surface area contributed by atoms with Crippen molar-refractivity contribution in [3.63, 3.8) is 0 Å². The highest BCUT2D eigenvalue weighted by Crippen LogP contribution is 2.46. The lowest BCUT2D eigenvalue weighted by atomic mass is 10.1. The molecule has 0 radical (unpaired) electrons. The van der Waals surface area contributed by atoms with E-state index in [0.29, 0.717) is 29.3 Å². The van der Waals surface area contributed by atoms with E-state index in [1.54, 1.807) is 0 Å². The molecule has 104 valence electrons. The Kier molecular flexibility index (Phi) is 3.61. The first-order valence-electron chi connectivity index (χ1n) is 6.30. The van der Waals surface area contributed by atoms with Gasteiger partial charge < -0.3 is 20.5 Å². The van der Waals surface area contributed by atoms with E-state index in [-0.39, 0.29) is 6.10 Å². The van der Waals surface area contributed by atoms with E-state index in [0.717, 1.165) is 11.5 Å². The molecular formula is C13H19N3O2S. The van der Waals surface area contributed by atoms with Gasteiger partial charge in [-0.05, 0) is 27.2 Å². The second-order valence-electron chi connectivity index (χ2n) is 5.43. The fourth-order valence-corrected chi connectivity index (χ4v) is 3.15. The standard InChI is InChI=1S/C13H19N3O2S/c1-8(2)18-11-10(15)9(6-14)19-12(11)16-5-4-13(3,17)7-16/h8,17H,4-5,7,15H2,1-3H3. The first kappa shape index (κ1) is 14.0. The number of anilines is 2. The molecule has 1 atom stereocenters. The zero-order chi connectivity index (χ0) is 14.2. The van der Waals surface area contributed by atoms with Crippen LogP contribution in [0.5, 0.6) is 5.75 Å². The van der Waals surface area contributed by atoms with E-state index in [4.69, 9.17) is 15.7 Å². The summed E-state index contributed by atoms with van der Waals surface area (Å²) in [5.74, 6) is 0.578. The zero-order valence-electron chi connectivity index (χ0n) is 11.4. The molecule has 2 rings (SSSR count). The lowest BCUT2D eigenvalue weighted by Gasteiger charge is -2.21. The minimum atomic E-state index is -0.694. The topological polar surface area (TPSA) is 82.5 Å². The van der Waals surface area contributed by atoms with Crippen LogP contribution < -0.4 is 15.4 Å². The van der Waals surface area contributed by atoms with Crippen LogP contribution in [0.2, 0.25) is 0 Å². The van der Waals surface area contributed by atoms with Crippen LogP contribution in [0.4, 0.5) is 10.7 Å². The van der Waals surface area contributed by atoms with E-state index in [2.05, 4.69) is 6.07 Å². The van der Waals surface area contributed by atoms with Crippen LogP contribution in [0.25, 0.3) is 0 Å². The summed E-state index contributed by atoms with van der Waals surface area (Å²) in [7, 11) is 0. The molecule has 1 aliphatic rings. The van der Waals surface area contributed by atoms with Crippen LogP contribution in [0.15, 0.2) is 0 Å². The number of hydrogen-bond donors (Lipinski definition) is 2. The minimum Gasteiger partial charge on any atom is -0.486 e. The highest BCUT2D eigenvalue weighted by atomic mass is 32.1. The van der Waals surface area contributed by atoms with Crippen molar-refractivity contribution in [2.75, 3.05) is 23.7 Å². The predicted octanol–water partition coefficient (Wildman–Crippen LogP) is 1.95. The monoisotopic (exact) mass is 281 g/mol. The number of nitrogens with two attached hydrogens (primary N) is 1. The maximum absolute atomic E-state index is 10.1. The Hall–Kier alpha value is -1.45. The molecule has 6 heteroatoms. The molecule has 5 nitrogen and oxygen atoms in total. The van der Waals surface area contributed by atoms with Crippen LogP contribution in [0.1, 0.15) is 32.1 Å². The molecule has 0 aliphatic carbocycles. The third kappa shape index (κ3) is 2.77. The van der Waals surface area contributed by atoms with Crippen LogP contribution in [0.3, 0.4) is 0 Å². The van der Waals surface area contributed by atoms with Gasteiger partial charge in [-0.15, -0.1) is 11.3 Å². The molecule has 0 aromatic carbocycles. The Bertz CT molecular complexity index is 517. The van der Waals surface area contributed by atoms with Gasteiger partial charge in [0.2, 0.25) is 0 Å². The Labute approximate surface area is 117 Å². The van der Waals surface area contributed by atoms with Crippen molar-refractivity contribution in [1.82, 2.24) is 0 Å². The SMILES string of the molecule is CC(C)Oc1c(N2CCC(C)(O)C2)sc(C#N)c1N.